The lowest BCUT2D eigenvalue weighted by atomic mass is 10.2. The fourth-order valence-corrected chi connectivity index (χ4v) is 1.55. The van der Waals surface area contributed by atoms with Crippen molar-refractivity contribution in [1.82, 2.24) is 9.97 Å². The molecule has 0 aliphatic heterocycles. The summed E-state index contributed by atoms with van der Waals surface area (Å²) in [7, 11) is 0. The molecule has 4 nitrogen and oxygen atoms in total. The molecule has 0 atom stereocenters. The fraction of sp³-hybridized carbons (Fsp3) is 0. The zero-order chi connectivity index (χ0) is 10.3. The summed E-state index contributed by atoms with van der Waals surface area (Å²) >= 11 is 0. The average molecular weight is 237 g/mol. The molecule has 0 unspecified atom stereocenters. The maximum absolute atomic E-state index is 9.30. The standard InChI is InChI=1S/C11H8N2O2.ClH/c14-8-1-2-9-7(5-8)6-10(15-9)11-12-3-4-13-11;/h1-6,14H,(H,12,13);1H. The molecular formula is C11H9ClN2O2. The number of rotatable bonds is 1. The van der Waals surface area contributed by atoms with Gasteiger partial charge >= 0.3 is 0 Å². The van der Waals surface area contributed by atoms with E-state index in [4.69, 9.17) is 4.42 Å². The lowest BCUT2D eigenvalue weighted by Crippen LogP contribution is -1.73. The number of fused-ring (bicyclic) bond motifs is 1. The molecule has 0 saturated carbocycles. The lowest BCUT2D eigenvalue weighted by Gasteiger charge is -1.89. The van der Waals surface area contributed by atoms with Gasteiger partial charge in [-0.2, -0.15) is 0 Å². The van der Waals surface area contributed by atoms with Crippen molar-refractivity contribution in [2.45, 2.75) is 0 Å². The number of hydrogen-bond donors (Lipinski definition) is 2. The number of aromatic amines is 1. The Labute approximate surface area is 97.3 Å². The zero-order valence-electron chi connectivity index (χ0n) is 8.18. The van der Waals surface area contributed by atoms with Gasteiger partial charge < -0.3 is 14.5 Å². The third kappa shape index (κ3) is 1.63. The van der Waals surface area contributed by atoms with Crippen LogP contribution in [0.2, 0.25) is 0 Å². The Kier molecular flexibility index (Phi) is 2.58. The van der Waals surface area contributed by atoms with Gasteiger partial charge in [0.15, 0.2) is 11.6 Å². The van der Waals surface area contributed by atoms with E-state index in [-0.39, 0.29) is 18.2 Å². The molecule has 0 aliphatic rings. The first-order chi connectivity index (χ1) is 7.33. The number of nitrogens with zero attached hydrogens (tertiary/aromatic N) is 1. The normalized spacial score (nSPS) is 10.2. The first kappa shape index (κ1) is 10.6. The molecule has 0 saturated heterocycles. The summed E-state index contributed by atoms with van der Waals surface area (Å²) in [5.41, 5.74) is 0.735. The second kappa shape index (κ2) is 3.90. The van der Waals surface area contributed by atoms with Gasteiger partial charge in [-0.1, -0.05) is 0 Å². The summed E-state index contributed by atoms with van der Waals surface area (Å²) in [6, 6.07) is 6.83. The molecule has 0 radical (unpaired) electrons. The Morgan fingerprint density at radius 1 is 1.25 bits per heavy atom. The van der Waals surface area contributed by atoms with Crippen LogP contribution in [0.4, 0.5) is 0 Å². The number of nitrogens with one attached hydrogen (secondary N) is 1. The van der Waals surface area contributed by atoms with E-state index in [1.54, 1.807) is 30.6 Å². The van der Waals surface area contributed by atoms with E-state index < -0.39 is 0 Å². The molecule has 0 amide bonds. The highest BCUT2D eigenvalue weighted by molar-refractivity contribution is 5.85. The molecule has 0 spiro atoms. The molecule has 0 bridgehead atoms. The van der Waals surface area contributed by atoms with E-state index in [9.17, 15) is 5.11 Å². The van der Waals surface area contributed by atoms with Gasteiger partial charge in [0.2, 0.25) is 0 Å². The van der Waals surface area contributed by atoms with Crippen LogP contribution in [0.15, 0.2) is 41.1 Å². The Morgan fingerprint density at radius 2 is 2.12 bits per heavy atom. The third-order valence-electron chi connectivity index (χ3n) is 2.23. The number of furan rings is 1. The number of halogens is 1. The number of aromatic nitrogens is 2. The largest absolute Gasteiger partial charge is 0.508 e. The summed E-state index contributed by atoms with van der Waals surface area (Å²) < 4.78 is 5.56. The molecule has 0 fully saturated rings. The van der Waals surface area contributed by atoms with Crippen molar-refractivity contribution in [2.24, 2.45) is 0 Å². The van der Waals surface area contributed by atoms with Crippen LogP contribution in [-0.4, -0.2) is 15.1 Å². The lowest BCUT2D eigenvalue weighted by molar-refractivity contribution is 0.476. The number of benzene rings is 1. The second-order valence-corrected chi connectivity index (χ2v) is 3.27. The van der Waals surface area contributed by atoms with Crippen molar-refractivity contribution in [1.29, 1.82) is 0 Å². The van der Waals surface area contributed by atoms with Gasteiger partial charge in [-0.05, 0) is 24.3 Å². The Bertz CT molecular complexity index is 602. The first-order valence-corrected chi connectivity index (χ1v) is 4.55. The summed E-state index contributed by atoms with van der Waals surface area (Å²) in [4.78, 5) is 7.05. The van der Waals surface area contributed by atoms with Gasteiger partial charge in [-0.15, -0.1) is 12.4 Å². The van der Waals surface area contributed by atoms with Crippen molar-refractivity contribution in [3.8, 4) is 17.3 Å². The molecule has 0 aliphatic carbocycles. The van der Waals surface area contributed by atoms with Gasteiger partial charge in [-0.3, -0.25) is 0 Å². The number of hydrogen-bond acceptors (Lipinski definition) is 3. The van der Waals surface area contributed by atoms with E-state index in [0.29, 0.717) is 11.6 Å². The molecular weight excluding hydrogens is 228 g/mol. The smallest absolute Gasteiger partial charge is 0.173 e. The minimum absolute atomic E-state index is 0. The van der Waals surface area contributed by atoms with Gasteiger partial charge in [0.25, 0.3) is 0 Å². The predicted octanol–water partition coefficient (Wildman–Crippen LogP) is 2.95. The van der Waals surface area contributed by atoms with Crippen LogP contribution in [-0.2, 0) is 0 Å². The van der Waals surface area contributed by atoms with E-state index >= 15 is 0 Å². The average Bonchev–Trinajstić information content (AvgIpc) is 2.84. The molecule has 82 valence electrons. The summed E-state index contributed by atoms with van der Waals surface area (Å²) in [5.74, 6) is 1.58. The molecule has 2 aromatic heterocycles. The summed E-state index contributed by atoms with van der Waals surface area (Å²) in [6.07, 6.45) is 3.40. The Morgan fingerprint density at radius 3 is 2.88 bits per heavy atom. The molecule has 2 N–H and O–H groups in total. The highest BCUT2D eigenvalue weighted by Crippen LogP contribution is 2.27. The van der Waals surface area contributed by atoms with E-state index in [1.165, 1.54) is 0 Å². The maximum Gasteiger partial charge on any atom is 0.173 e. The predicted molar refractivity (Wildman–Crippen MR) is 62.7 cm³/mol. The molecule has 2 heterocycles. The van der Waals surface area contributed by atoms with Crippen molar-refractivity contribution in [3.05, 3.63) is 36.7 Å². The quantitative estimate of drug-likeness (QED) is 0.683. The van der Waals surface area contributed by atoms with Crippen molar-refractivity contribution in [3.63, 3.8) is 0 Å². The van der Waals surface area contributed by atoms with Gasteiger partial charge in [0.05, 0.1) is 0 Å². The number of phenols is 1. The molecule has 3 rings (SSSR count). The van der Waals surface area contributed by atoms with Gasteiger partial charge in [0, 0.05) is 17.8 Å². The highest BCUT2D eigenvalue weighted by Gasteiger charge is 2.07. The van der Waals surface area contributed by atoms with Gasteiger partial charge in [-0.25, -0.2) is 4.98 Å². The minimum Gasteiger partial charge on any atom is -0.508 e. The van der Waals surface area contributed by atoms with Crippen LogP contribution in [0.1, 0.15) is 0 Å². The summed E-state index contributed by atoms with van der Waals surface area (Å²) in [6.45, 7) is 0. The Balaban J connectivity index is 0.000000963. The van der Waals surface area contributed by atoms with Crippen LogP contribution < -0.4 is 0 Å². The van der Waals surface area contributed by atoms with Crippen LogP contribution in [0.25, 0.3) is 22.6 Å². The molecule has 3 aromatic rings. The third-order valence-corrected chi connectivity index (χ3v) is 2.23. The minimum atomic E-state index is 0. The van der Waals surface area contributed by atoms with Crippen LogP contribution in [0.3, 0.4) is 0 Å². The molecule has 16 heavy (non-hydrogen) atoms. The van der Waals surface area contributed by atoms with Crippen molar-refractivity contribution in [2.75, 3.05) is 0 Å². The van der Waals surface area contributed by atoms with Crippen LogP contribution >= 0.6 is 12.4 Å². The fourth-order valence-electron chi connectivity index (χ4n) is 1.55. The highest BCUT2D eigenvalue weighted by atomic mass is 35.5. The van der Waals surface area contributed by atoms with E-state index in [1.807, 2.05) is 6.07 Å². The topological polar surface area (TPSA) is 62.1 Å². The number of imidazole rings is 1. The van der Waals surface area contributed by atoms with Crippen molar-refractivity contribution >= 4 is 23.4 Å². The molecule has 1 aromatic carbocycles. The van der Waals surface area contributed by atoms with Crippen LogP contribution in [0, 0.1) is 0 Å². The number of H-pyrrole nitrogens is 1. The van der Waals surface area contributed by atoms with Crippen LogP contribution in [0.5, 0.6) is 5.75 Å². The number of aromatic hydroxyl groups is 1. The molecule has 5 heteroatoms. The zero-order valence-corrected chi connectivity index (χ0v) is 8.99. The second-order valence-electron chi connectivity index (χ2n) is 3.27. The first-order valence-electron chi connectivity index (χ1n) is 4.55. The maximum atomic E-state index is 9.30. The van der Waals surface area contributed by atoms with Crippen molar-refractivity contribution < 1.29 is 9.52 Å². The summed E-state index contributed by atoms with van der Waals surface area (Å²) in [5, 5.41) is 10.2. The Hall–Kier alpha value is -1.94. The van der Waals surface area contributed by atoms with E-state index in [2.05, 4.69) is 9.97 Å². The van der Waals surface area contributed by atoms with E-state index in [0.717, 1.165) is 11.0 Å². The number of phenolic OH excluding ortho intramolecular Hbond substituents is 1. The van der Waals surface area contributed by atoms with Gasteiger partial charge in [0.1, 0.15) is 11.3 Å². The SMILES string of the molecule is Cl.Oc1ccc2oc(-c3ncc[nH]3)cc2c1. The monoisotopic (exact) mass is 236 g/mol.